The van der Waals surface area contributed by atoms with Gasteiger partial charge in [0.2, 0.25) is 0 Å². The van der Waals surface area contributed by atoms with E-state index in [0.29, 0.717) is 23.3 Å². The Hall–Kier alpha value is -1.08. The van der Waals surface area contributed by atoms with Gasteiger partial charge < -0.3 is 5.32 Å². The molecule has 0 radical (unpaired) electrons. The average molecular weight is 343 g/mol. The van der Waals surface area contributed by atoms with Crippen LogP contribution in [0.2, 0.25) is 5.02 Å². The maximum absolute atomic E-state index is 12.3. The molecule has 7 heteroatoms. The van der Waals surface area contributed by atoms with Crippen LogP contribution in [0.15, 0.2) is 39.9 Å². The number of sulfonamides is 1. The van der Waals surface area contributed by atoms with Crippen molar-refractivity contribution in [1.82, 2.24) is 5.32 Å². The van der Waals surface area contributed by atoms with Gasteiger partial charge in [-0.15, -0.1) is 0 Å². The highest BCUT2D eigenvalue weighted by molar-refractivity contribution is 7.92. The molecule has 1 aromatic carbocycles. The predicted molar refractivity (Wildman–Crippen MR) is 86.4 cm³/mol. The topological polar surface area (TPSA) is 58.2 Å². The third kappa shape index (κ3) is 3.77. The Bertz CT molecular complexity index is 725. The first-order chi connectivity index (χ1) is 10.0. The molecule has 3 rings (SSSR count). The van der Waals surface area contributed by atoms with Crippen molar-refractivity contribution < 1.29 is 8.42 Å². The van der Waals surface area contributed by atoms with Gasteiger partial charge in [0.05, 0.1) is 10.6 Å². The SMILES string of the molecule is O=S(=O)(Nc1ccsc1)c1ccc(CNC2CC2)c(Cl)c1. The summed E-state index contributed by atoms with van der Waals surface area (Å²) in [5.41, 5.74) is 1.48. The maximum atomic E-state index is 12.3. The Labute approximate surface area is 133 Å². The smallest absolute Gasteiger partial charge is 0.261 e. The number of halogens is 1. The quantitative estimate of drug-likeness (QED) is 0.845. The van der Waals surface area contributed by atoms with Crippen LogP contribution in [-0.2, 0) is 16.6 Å². The van der Waals surface area contributed by atoms with E-state index in [0.717, 1.165) is 5.56 Å². The van der Waals surface area contributed by atoms with E-state index in [1.807, 2.05) is 5.38 Å². The van der Waals surface area contributed by atoms with Crippen LogP contribution in [0.3, 0.4) is 0 Å². The summed E-state index contributed by atoms with van der Waals surface area (Å²) in [5, 5.41) is 7.39. The fourth-order valence-electron chi connectivity index (χ4n) is 1.92. The third-order valence-corrected chi connectivity index (χ3v) is 5.68. The van der Waals surface area contributed by atoms with Gasteiger partial charge in [0.15, 0.2) is 0 Å². The van der Waals surface area contributed by atoms with Crippen molar-refractivity contribution in [3.63, 3.8) is 0 Å². The second-order valence-electron chi connectivity index (χ2n) is 5.03. The molecule has 4 nitrogen and oxygen atoms in total. The fraction of sp³-hybridized carbons (Fsp3) is 0.286. The predicted octanol–water partition coefficient (Wildman–Crippen LogP) is 3.45. The highest BCUT2D eigenvalue weighted by Gasteiger charge is 2.21. The number of hydrogen-bond acceptors (Lipinski definition) is 4. The summed E-state index contributed by atoms with van der Waals surface area (Å²) >= 11 is 7.63. The van der Waals surface area contributed by atoms with Gasteiger partial charge in [-0.05, 0) is 42.0 Å². The van der Waals surface area contributed by atoms with Gasteiger partial charge in [-0.25, -0.2) is 8.42 Å². The van der Waals surface area contributed by atoms with Gasteiger partial charge in [-0.2, -0.15) is 11.3 Å². The summed E-state index contributed by atoms with van der Waals surface area (Å²) in [5.74, 6) is 0. The lowest BCUT2D eigenvalue weighted by atomic mass is 10.2. The molecule has 1 fully saturated rings. The lowest BCUT2D eigenvalue weighted by molar-refractivity contribution is 0.601. The lowest BCUT2D eigenvalue weighted by Gasteiger charge is -2.10. The van der Waals surface area contributed by atoms with E-state index < -0.39 is 10.0 Å². The van der Waals surface area contributed by atoms with Crippen molar-refractivity contribution in [3.05, 3.63) is 45.6 Å². The number of anilines is 1. The largest absolute Gasteiger partial charge is 0.310 e. The fourth-order valence-corrected chi connectivity index (χ4v) is 3.97. The molecule has 2 N–H and O–H groups in total. The highest BCUT2D eigenvalue weighted by atomic mass is 35.5. The Morgan fingerprint density at radius 1 is 1.29 bits per heavy atom. The molecule has 0 aliphatic heterocycles. The summed E-state index contributed by atoms with van der Waals surface area (Å²) < 4.78 is 27.0. The summed E-state index contributed by atoms with van der Waals surface area (Å²) in [6.45, 7) is 0.668. The molecule has 0 amide bonds. The summed E-state index contributed by atoms with van der Waals surface area (Å²) in [7, 11) is -3.59. The van der Waals surface area contributed by atoms with Crippen molar-refractivity contribution in [3.8, 4) is 0 Å². The normalized spacial score (nSPS) is 15.1. The van der Waals surface area contributed by atoms with E-state index in [9.17, 15) is 8.42 Å². The standard InChI is InChI=1S/C14H15ClN2O2S2/c15-14-7-13(4-1-10(14)8-16-11-2-3-11)21(18,19)17-12-5-6-20-9-12/h1,4-7,9,11,16-17H,2-3,8H2. The molecule has 112 valence electrons. The summed E-state index contributed by atoms with van der Waals surface area (Å²) in [6.07, 6.45) is 2.41. The van der Waals surface area contributed by atoms with Crippen molar-refractivity contribution >= 4 is 38.6 Å². The van der Waals surface area contributed by atoms with E-state index in [2.05, 4.69) is 10.0 Å². The molecule has 1 aromatic heterocycles. The van der Waals surface area contributed by atoms with Crippen molar-refractivity contribution in [2.75, 3.05) is 4.72 Å². The van der Waals surface area contributed by atoms with E-state index in [1.165, 1.54) is 30.2 Å². The van der Waals surface area contributed by atoms with Crippen LogP contribution < -0.4 is 10.0 Å². The average Bonchev–Trinajstić information content (AvgIpc) is 3.14. The Kier molecular flexibility index (Phi) is 4.21. The van der Waals surface area contributed by atoms with Crippen molar-refractivity contribution in [1.29, 1.82) is 0 Å². The second-order valence-corrected chi connectivity index (χ2v) is 7.90. The molecular weight excluding hydrogens is 328 g/mol. The molecule has 0 atom stereocenters. The second kappa shape index (κ2) is 5.96. The monoisotopic (exact) mass is 342 g/mol. The van der Waals surface area contributed by atoms with E-state index in [-0.39, 0.29) is 4.90 Å². The van der Waals surface area contributed by atoms with Gasteiger partial charge in [-0.1, -0.05) is 17.7 Å². The molecule has 0 bridgehead atoms. The molecular formula is C14H15ClN2O2S2. The summed E-state index contributed by atoms with van der Waals surface area (Å²) in [6, 6.07) is 7.16. The Morgan fingerprint density at radius 3 is 2.71 bits per heavy atom. The van der Waals surface area contributed by atoms with Crippen LogP contribution in [0.1, 0.15) is 18.4 Å². The summed E-state index contributed by atoms with van der Waals surface area (Å²) in [4.78, 5) is 0.175. The molecule has 1 saturated carbocycles. The molecule has 1 aliphatic carbocycles. The zero-order valence-electron chi connectivity index (χ0n) is 11.2. The van der Waals surface area contributed by atoms with Crippen LogP contribution in [0.4, 0.5) is 5.69 Å². The first-order valence-corrected chi connectivity index (χ1v) is 9.42. The number of nitrogens with one attached hydrogen (secondary N) is 2. The van der Waals surface area contributed by atoms with Crippen LogP contribution in [0, 0.1) is 0 Å². The molecule has 21 heavy (non-hydrogen) atoms. The number of thiophene rings is 1. The molecule has 1 heterocycles. The molecule has 1 aliphatic rings. The number of benzene rings is 1. The van der Waals surface area contributed by atoms with E-state index in [4.69, 9.17) is 11.6 Å². The lowest BCUT2D eigenvalue weighted by Crippen LogP contribution is -2.16. The number of rotatable bonds is 6. The van der Waals surface area contributed by atoms with Gasteiger partial charge >= 0.3 is 0 Å². The minimum atomic E-state index is -3.59. The Morgan fingerprint density at radius 2 is 2.10 bits per heavy atom. The van der Waals surface area contributed by atoms with Crippen LogP contribution in [-0.4, -0.2) is 14.5 Å². The van der Waals surface area contributed by atoms with Gasteiger partial charge in [0.25, 0.3) is 10.0 Å². The Balaban J connectivity index is 1.76. The van der Waals surface area contributed by atoms with E-state index in [1.54, 1.807) is 23.6 Å². The minimum absolute atomic E-state index is 0.175. The molecule has 2 aromatic rings. The van der Waals surface area contributed by atoms with Crippen LogP contribution in [0.25, 0.3) is 0 Å². The van der Waals surface area contributed by atoms with Gasteiger partial charge in [-0.3, -0.25) is 4.72 Å². The van der Waals surface area contributed by atoms with E-state index >= 15 is 0 Å². The first-order valence-electron chi connectivity index (χ1n) is 6.61. The zero-order chi connectivity index (χ0) is 14.9. The minimum Gasteiger partial charge on any atom is -0.310 e. The molecule has 0 saturated heterocycles. The first kappa shape index (κ1) is 14.8. The van der Waals surface area contributed by atoms with Crippen LogP contribution in [0.5, 0.6) is 0 Å². The zero-order valence-corrected chi connectivity index (χ0v) is 13.6. The van der Waals surface area contributed by atoms with Crippen molar-refractivity contribution in [2.45, 2.75) is 30.3 Å². The maximum Gasteiger partial charge on any atom is 0.261 e. The third-order valence-electron chi connectivity index (χ3n) is 3.27. The highest BCUT2D eigenvalue weighted by Crippen LogP contribution is 2.25. The number of hydrogen-bond donors (Lipinski definition) is 2. The molecule has 0 unspecified atom stereocenters. The van der Waals surface area contributed by atoms with Crippen molar-refractivity contribution in [2.24, 2.45) is 0 Å². The van der Waals surface area contributed by atoms with Crippen LogP contribution >= 0.6 is 22.9 Å². The molecule has 0 spiro atoms. The van der Waals surface area contributed by atoms with Gasteiger partial charge in [0.1, 0.15) is 0 Å². The van der Waals surface area contributed by atoms with Gasteiger partial charge in [0, 0.05) is 23.0 Å².